The standard InChI is InChI=1S/C22H22Cl2N4O4/c1-4-32-17-10-9-14(11-18(17)31-3)21(29)25-26-22(30)19-13(2)27-28(20(19)24)12-15-7-5-6-8-16(15)23/h5-11H,4,12H2,1-3H3,(H,25,29)(H,26,30). The van der Waals surface area contributed by atoms with E-state index >= 15 is 0 Å². The van der Waals surface area contributed by atoms with Gasteiger partial charge in [-0.15, -0.1) is 0 Å². The van der Waals surface area contributed by atoms with Gasteiger partial charge in [-0.05, 0) is 43.7 Å². The van der Waals surface area contributed by atoms with Gasteiger partial charge in [0.1, 0.15) is 10.7 Å². The van der Waals surface area contributed by atoms with Crippen LogP contribution in [0.4, 0.5) is 0 Å². The molecule has 0 radical (unpaired) electrons. The summed E-state index contributed by atoms with van der Waals surface area (Å²) in [5.41, 5.74) is 6.40. The van der Waals surface area contributed by atoms with Gasteiger partial charge in [0.05, 0.1) is 26.0 Å². The molecule has 1 aromatic heterocycles. The van der Waals surface area contributed by atoms with Gasteiger partial charge in [-0.25, -0.2) is 4.68 Å². The van der Waals surface area contributed by atoms with Crippen molar-refractivity contribution >= 4 is 35.0 Å². The van der Waals surface area contributed by atoms with Crippen LogP contribution in [0.15, 0.2) is 42.5 Å². The highest BCUT2D eigenvalue weighted by Crippen LogP contribution is 2.28. The van der Waals surface area contributed by atoms with Crippen molar-refractivity contribution in [1.82, 2.24) is 20.6 Å². The summed E-state index contributed by atoms with van der Waals surface area (Å²) in [6, 6.07) is 12.0. The summed E-state index contributed by atoms with van der Waals surface area (Å²) in [7, 11) is 1.48. The molecule has 0 aliphatic rings. The molecule has 3 aromatic rings. The molecule has 0 saturated heterocycles. The number of carbonyl (C=O) groups excluding carboxylic acids is 2. The van der Waals surface area contributed by atoms with Gasteiger partial charge in [-0.3, -0.25) is 20.4 Å². The number of aromatic nitrogens is 2. The second-order valence-electron chi connectivity index (χ2n) is 6.71. The average Bonchev–Trinajstić information content (AvgIpc) is 3.06. The Labute approximate surface area is 195 Å². The highest BCUT2D eigenvalue weighted by Gasteiger charge is 2.21. The first-order chi connectivity index (χ1) is 15.3. The minimum absolute atomic E-state index is 0.136. The molecule has 0 fully saturated rings. The quantitative estimate of drug-likeness (QED) is 0.502. The van der Waals surface area contributed by atoms with Crippen LogP contribution >= 0.6 is 23.2 Å². The zero-order chi connectivity index (χ0) is 23.3. The second-order valence-corrected chi connectivity index (χ2v) is 7.47. The van der Waals surface area contributed by atoms with Crippen molar-refractivity contribution in [3.63, 3.8) is 0 Å². The fourth-order valence-electron chi connectivity index (χ4n) is 3.04. The number of halogens is 2. The molecule has 8 nitrogen and oxygen atoms in total. The first-order valence-electron chi connectivity index (χ1n) is 9.73. The molecule has 0 aliphatic carbocycles. The number of hydrogen-bond acceptors (Lipinski definition) is 5. The van der Waals surface area contributed by atoms with Gasteiger partial charge in [-0.1, -0.05) is 41.4 Å². The van der Waals surface area contributed by atoms with E-state index in [2.05, 4.69) is 16.0 Å². The van der Waals surface area contributed by atoms with Crippen molar-refractivity contribution in [1.29, 1.82) is 0 Å². The van der Waals surface area contributed by atoms with Crippen LogP contribution in [0.5, 0.6) is 11.5 Å². The normalized spacial score (nSPS) is 10.5. The third kappa shape index (κ3) is 5.15. The number of carbonyl (C=O) groups is 2. The van der Waals surface area contributed by atoms with Crippen LogP contribution in [0.1, 0.15) is 38.9 Å². The molecule has 0 saturated carbocycles. The van der Waals surface area contributed by atoms with E-state index in [4.69, 9.17) is 32.7 Å². The maximum absolute atomic E-state index is 12.7. The smallest absolute Gasteiger partial charge is 0.274 e. The molecule has 0 spiro atoms. The Kier molecular flexibility index (Phi) is 7.61. The van der Waals surface area contributed by atoms with Gasteiger partial charge >= 0.3 is 0 Å². The molecule has 0 bridgehead atoms. The lowest BCUT2D eigenvalue weighted by Gasteiger charge is -2.11. The molecule has 168 valence electrons. The first-order valence-corrected chi connectivity index (χ1v) is 10.5. The number of rotatable bonds is 7. The van der Waals surface area contributed by atoms with Gasteiger partial charge in [0.25, 0.3) is 11.8 Å². The van der Waals surface area contributed by atoms with Gasteiger partial charge in [0.2, 0.25) is 0 Å². The minimum Gasteiger partial charge on any atom is -0.493 e. The zero-order valence-electron chi connectivity index (χ0n) is 17.7. The molecular weight excluding hydrogens is 455 g/mol. The summed E-state index contributed by atoms with van der Waals surface area (Å²) >= 11 is 12.6. The molecule has 0 atom stereocenters. The number of nitrogens with zero attached hydrogens (tertiary/aromatic N) is 2. The molecule has 32 heavy (non-hydrogen) atoms. The van der Waals surface area contributed by atoms with E-state index in [1.54, 1.807) is 25.1 Å². The molecule has 10 heteroatoms. The van der Waals surface area contributed by atoms with Crippen molar-refractivity contribution in [2.45, 2.75) is 20.4 Å². The van der Waals surface area contributed by atoms with Gasteiger partial charge < -0.3 is 9.47 Å². The molecule has 1 heterocycles. The fourth-order valence-corrected chi connectivity index (χ4v) is 3.55. The van der Waals surface area contributed by atoms with E-state index in [-0.39, 0.29) is 16.3 Å². The topological polar surface area (TPSA) is 94.5 Å². The van der Waals surface area contributed by atoms with Crippen LogP contribution in [0.2, 0.25) is 10.2 Å². The van der Waals surface area contributed by atoms with Crippen LogP contribution < -0.4 is 20.3 Å². The summed E-state index contributed by atoms with van der Waals surface area (Å²) in [4.78, 5) is 25.2. The summed E-state index contributed by atoms with van der Waals surface area (Å²) in [6.07, 6.45) is 0. The molecular formula is C22H22Cl2N4O4. The van der Waals surface area contributed by atoms with Crippen molar-refractivity contribution in [3.8, 4) is 11.5 Å². The zero-order valence-corrected chi connectivity index (χ0v) is 19.3. The third-order valence-corrected chi connectivity index (χ3v) is 5.34. The Hall–Kier alpha value is -3.23. The molecule has 2 amide bonds. The number of hydrogen-bond donors (Lipinski definition) is 2. The number of amides is 2. The van der Waals surface area contributed by atoms with Gasteiger partial charge in [-0.2, -0.15) is 5.10 Å². The Morgan fingerprint density at radius 2 is 1.78 bits per heavy atom. The minimum atomic E-state index is -0.593. The summed E-state index contributed by atoms with van der Waals surface area (Å²) in [6.45, 7) is 4.26. The van der Waals surface area contributed by atoms with Crippen molar-refractivity contribution in [2.24, 2.45) is 0 Å². The number of aryl methyl sites for hydroxylation is 1. The molecule has 3 rings (SSSR count). The Balaban J connectivity index is 1.70. The van der Waals surface area contributed by atoms with E-state index < -0.39 is 11.8 Å². The number of hydrazine groups is 1. The number of benzene rings is 2. The van der Waals surface area contributed by atoms with Crippen molar-refractivity contribution in [3.05, 3.63) is 75.0 Å². The monoisotopic (exact) mass is 476 g/mol. The second kappa shape index (κ2) is 10.4. The van der Waals surface area contributed by atoms with E-state index in [1.165, 1.54) is 17.9 Å². The third-order valence-electron chi connectivity index (χ3n) is 4.59. The number of nitrogens with one attached hydrogen (secondary N) is 2. The number of ether oxygens (including phenoxy) is 2. The van der Waals surface area contributed by atoms with Crippen LogP contribution in [-0.4, -0.2) is 35.3 Å². The van der Waals surface area contributed by atoms with Crippen LogP contribution in [0.3, 0.4) is 0 Å². The van der Waals surface area contributed by atoms with Crippen LogP contribution in [0.25, 0.3) is 0 Å². The predicted octanol–water partition coefficient (Wildman–Crippen LogP) is 4.03. The van der Waals surface area contributed by atoms with E-state index in [0.717, 1.165) is 5.56 Å². The number of methoxy groups -OCH3 is 1. The average molecular weight is 477 g/mol. The fraction of sp³-hybridized carbons (Fsp3) is 0.227. The van der Waals surface area contributed by atoms with E-state index in [9.17, 15) is 9.59 Å². The summed E-state index contributed by atoms with van der Waals surface area (Å²) < 4.78 is 12.2. The maximum atomic E-state index is 12.7. The Morgan fingerprint density at radius 1 is 1.06 bits per heavy atom. The molecule has 0 aliphatic heterocycles. The van der Waals surface area contributed by atoms with Crippen LogP contribution in [-0.2, 0) is 6.54 Å². The van der Waals surface area contributed by atoms with Crippen molar-refractivity contribution in [2.75, 3.05) is 13.7 Å². The predicted molar refractivity (Wildman–Crippen MR) is 122 cm³/mol. The van der Waals surface area contributed by atoms with Gasteiger partial charge in [0.15, 0.2) is 11.5 Å². The molecule has 2 aromatic carbocycles. The Bertz CT molecular complexity index is 1150. The molecule has 2 N–H and O–H groups in total. The maximum Gasteiger partial charge on any atom is 0.274 e. The Morgan fingerprint density at radius 3 is 2.47 bits per heavy atom. The highest BCUT2D eigenvalue weighted by molar-refractivity contribution is 6.33. The SMILES string of the molecule is CCOc1ccc(C(=O)NNC(=O)c2c(C)nn(Cc3ccccc3Cl)c2Cl)cc1OC. The van der Waals surface area contributed by atoms with E-state index in [0.29, 0.717) is 35.4 Å². The van der Waals surface area contributed by atoms with Gasteiger partial charge in [0, 0.05) is 10.6 Å². The lowest BCUT2D eigenvalue weighted by Crippen LogP contribution is -2.41. The first kappa shape index (κ1) is 23.4. The lowest BCUT2D eigenvalue weighted by molar-refractivity contribution is 0.0846. The van der Waals surface area contributed by atoms with E-state index in [1.807, 2.05) is 25.1 Å². The van der Waals surface area contributed by atoms with Crippen LogP contribution in [0, 0.1) is 6.92 Å². The van der Waals surface area contributed by atoms with Crippen molar-refractivity contribution < 1.29 is 19.1 Å². The summed E-state index contributed by atoms with van der Waals surface area (Å²) in [5, 5.41) is 5.03. The molecule has 0 unspecified atom stereocenters. The lowest BCUT2D eigenvalue weighted by atomic mass is 10.2. The highest BCUT2D eigenvalue weighted by atomic mass is 35.5. The largest absolute Gasteiger partial charge is 0.493 e. The summed E-state index contributed by atoms with van der Waals surface area (Å²) in [5.74, 6) is -0.199.